The van der Waals surface area contributed by atoms with Gasteiger partial charge in [-0.15, -0.1) is 0 Å². The van der Waals surface area contributed by atoms with Crippen molar-refractivity contribution in [1.82, 2.24) is 4.72 Å². The third-order valence-corrected chi connectivity index (χ3v) is 4.22. The first-order valence-electron chi connectivity index (χ1n) is 5.94. The van der Waals surface area contributed by atoms with Crippen molar-refractivity contribution in [3.05, 3.63) is 29.3 Å². The Hall–Kier alpha value is -1.56. The molecule has 1 aromatic carbocycles. The van der Waals surface area contributed by atoms with Crippen molar-refractivity contribution < 1.29 is 13.2 Å². The minimum absolute atomic E-state index is 0.105. The van der Waals surface area contributed by atoms with Gasteiger partial charge in [-0.2, -0.15) is 0 Å². The van der Waals surface area contributed by atoms with E-state index in [2.05, 4.69) is 10.0 Å². The molecule has 1 amide bonds. The molecule has 6 heteroatoms. The lowest BCUT2D eigenvalue weighted by molar-refractivity contribution is 0.0980. The van der Waals surface area contributed by atoms with Crippen molar-refractivity contribution >= 4 is 21.6 Å². The standard InChI is InChI=1S/C12H16N2O3S/c1-2-18(16,17)14-12(15)10-5-3-7-11-9(10)6-4-8-13-11/h3,5,7,13H,2,4,6,8H2,1H3,(H,14,15). The minimum Gasteiger partial charge on any atom is -0.385 e. The van der Waals surface area contributed by atoms with Gasteiger partial charge in [0.2, 0.25) is 10.0 Å². The van der Waals surface area contributed by atoms with Crippen molar-refractivity contribution in [3.63, 3.8) is 0 Å². The maximum absolute atomic E-state index is 12.0. The van der Waals surface area contributed by atoms with E-state index in [0.717, 1.165) is 30.6 Å². The van der Waals surface area contributed by atoms with Gasteiger partial charge >= 0.3 is 0 Å². The minimum atomic E-state index is -3.51. The summed E-state index contributed by atoms with van der Waals surface area (Å²) in [6, 6.07) is 5.32. The topological polar surface area (TPSA) is 75.3 Å². The van der Waals surface area contributed by atoms with E-state index >= 15 is 0 Å². The number of nitrogens with one attached hydrogen (secondary N) is 2. The molecule has 0 radical (unpaired) electrons. The van der Waals surface area contributed by atoms with Crippen LogP contribution in [0.3, 0.4) is 0 Å². The summed E-state index contributed by atoms with van der Waals surface area (Å²) in [6.45, 7) is 2.38. The van der Waals surface area contributed by atoms with Crippen LogP contribution in [-0.2, 0) is 16.4 Å². The van der Waals surface area contributed by atoms with Crippen LogP contribution in [0.5, 0.6) is 0 Å². The molecule has 0 atom stereocenters. The molecule has 0 spiro atoms. The molecule has 98 valence electrons. The SMILES string of the molecule is CCS(=O)(=O)NC(=O)c1cccc2c1CCCN2. The summed E-state index contributed by atoms with van der Waals surface area (Å²) in [5, 5.41) is 3.21. The quantitative estimate of drug-likeness (QED) is 0.861. The molecule has 18 heavy (non-hydrogen) atoms. The number of carbonyl (C=O) groups excluding carboxylic acids is 1. The van der Waals surface area contributed by atoms with Gasteiger partial charge in [0.15, 0.2) is 0 Å². The van der Waals surface area contributed by atoms with Gasteiger partial charge in [0.25, 0.3) is 5.91 Å². The summed E-state index contributed by atoms with van der Waals surface area (Å²) in [6.07, 6.45) is 1.73. The molecule has 1 heterocycles. The zero-order valence-corrected chi connectivity index (χ0v) is 11.0. The van der Waals surface area contributed by atoms with E-state index in [1.807, 2.05) is 6.07 Å². The van der Waals surface area contributed by atoms with Crippen LogP contribution in [0.4, 0.5) is 5.69 Å². The second kappa shape index (κ2) is 4.97. The summed E-state index contributed by atoms with van der Waals surface area (Å²) in [5.74, 6) is -0.649. The highest BCUT2D eigenvalue weighted by molar-refractivity contribution is 7.90. The molecule has 0 aliphatic carbocycles. The Balaban J connectivity index is 2.31. The lowest BCUT2D eigenvalue weighted by atomic mass is 9.97. The number of hydrogen-bond donors (Lipinski definition) is 2. The molecule has 5 nitrogen and oxygen atoms in total. The van der Waals surface area contributed by atoms with E-state index in [4.69, 9.17) is 0 Å². The van der Waals surface area contributed by atoms with Gasteiger partial charge in [0, 0.05) is 17.8 Å². The fourth-order valence-electron chi connectivity index (χ4n) is 1.99. The van der Waals surface area contributed by atoms with Crippen molar-refractivity contribution in [2.24, 2.45) is 0 Å². The van der Waals surface area contributed by atoms with Crippen LogP contribution in [0, 0.1) is 0 Å². The number of rotatable bonds is 3. The van der Waals surface area contributed by atoms with Crippen LogP contribution in [0.2, 0.25) is 0 Å². The molecule has 0 saturated carbocycles. The van der Waals surface area contributed by atoms with Gasteiger partial charge in [0.05, 0.1) is 5.75 Å². The van der Waals surface area contributed by atoms with Gasteiger partial charge in [0.1, 0.15) is 0 Å². The van der Waals surface area contributed by atoms with Gasteiger partial charge in [-0.1, -0.05) is 6.07 Å². The first kappa shape index (κ1) is 12.9. The molecule has 0 unspecified atom stereocenters. The fraction of sp³-hybridized carbons (Fsp3) is 0.417. The van der Waals surface area contributed by atoms with E-state index in [-0.39, 0.29) is 5.75 Å². The molecule has 2 N–H and O–H groups in total. The number of hydrogen-bond acceptors (Lipinski definition) is 4. The first-order valence-corrected chi connectivity index (χ1v) is 7.59. The molecule has 1 aliphatic heterocycles. The second-order valence-electron chi connectivity index (χ2n) is 4.20. The van der Waals surface area contributed by atoms with Crippen LogP contribution >= 0.6 is 0 Å². The summed E-state index contributed by atoms with van der Waals surface area (Å²) in [7, 11) is -3.51. The van der Waals surface area contributed by atoms with E-state index < -0.39 is 15.9 Å². The van der Waals surface area contributed by atoms with Gasteiger partial charge in [-0.25, -0.2) is 13.1 Å². The molecule has 0 aromatic heterocycles. The van der Waals surface area contributed by atoms with Crippen LogP contribution in [-0.4, -0.2) is 26.6 Å². The first-order chi connectivity index (χ1) is 8.53. The molecular weight excluding hydrogens is 252 g/mol. The van der Waals surface area contributed by atoms with Gasteiger partial charge in [-0.3, -0.25) is 4.79 Å². The van der Waals surface area contributed by atoms with Crippen LogP contribution in [0.15, 0.2) is 18.2 Å². The molecule has 0 saturated heterocycles. The Morgan fingerprint density at radius 1 is 1.44 bits per heavy atom. The Bertz CT molecular complexity index is 567. The smallest absolute Gasteiger partial charge is 0.265 e. The van der Waals surface area contributed by atoms with Crippen molar-refractivity contribution in [3.8, 4) is 0 Å². The fourth-order valence-corrected chi connectivity index (χ4v) is 2.53. The zero-order valence-electron chi connectivity index (χ0n) is 10.2. The number of carbonyl (C=O) groups is 1. The average Bonchev–Trinajstić information content (AvgIpc) is 2.37. The Morgan fingerprint density at radius 3 is 2.94 bits per heavy atom. The maximum Gasteiger partial charge on any atom is 0.265 e. The molecule has 0 fully saturated rings. The van der Waals surface area contributed by atoms with E-state index in [1.54, 1.807) is 12.1 Å². The number of amides is 1. The predicted octanol–water partition coefficient (Wildman–Crippen LogP) is 1.12. The maximum atomic E-state index is 12.0. The van der Waals surface area contributed by atoms with Crippen LogP contribution in [0.25, 0.3) is 0 Å². The molecule has 1 aromatic rings. The van der Waals surface area contributed by atoms with Crippen LogP contribution < -0.4 is 10.0 Å². The molecule has 1 aliphatic rings. The number of sulfonamides is 1. The number of benzene rings is 1. The summed E-state index contributed by atoms with van der Waals surface area (Å²) >= 11 is 0. The molecular formula is C12H16N2O3S. The lowest BCUT2D eigenvalue weighted by Crippen LogP contribution is -2.33. The Labute approximate surface area is 107 Å². The number of fused-ring (bicyclic) bond motifs is 1. The largest absolute Gasteiger partial charge is 0.385 e. The zero-order chi connectivity index (χ0) is 13.2. The highest BCUT2D eigenvalue weighted by Crippen LogP contribution is 2.25. The van der Waals surface area contributed by atoms with Gasteiger partial charge in [-0.05, 0) is 37.5 Å². The van der Waals surface area contributed by atoms with Crippen LogP contribution in [0.1, 0.15) is 29.3 Å². The van der Waals surface area contributed by atoms with E-state index in [1.165, 1.54) is 6.92 Å². The predicted molar refractivity (Wildman–Crippen MR) is 70.2 cm³/mol. The van der Waals surface area contributed by atoms with E-state index in [9.17, 15) is 13.2 Å². The van der Waals surface area contributed by atoms with Crippen molar-refractivity contribution in [1.29, 1.82) is 0 Å². The van der Waals surface area contributed by atoms with Crippen molar-refractivity contribution in [2.45, 2.75) is 19.8 Å². The third-order valence-electron chi connectivity index (χ3n) is 2.97. The summed E-state index contributed by atoms with van der Waals surface area (Å²) < 4.78 is 24.9. The second-order valence-corrected chi connectivity index (χ2v) is 6.21. The highest BCUT2D eigenvalue weighted by atomic mass is 32.2. The van der Waals surface area contributed by atoms with E-state index in [0.29, 0.717) is 5.56 Å². The molecule has 0 bridgehead atoms. The summed E-state index contributed by atoms with van der Waals surface area (Å²) in [4.78, 5) is 12.0. The van der Waals surface area contributed by atoms with Gasteiger partial charge < -0.3 is 5.32 Å². The average molecular weight is 268 g/mol. The number of anilines is 1. The highest BCUT2D eigenvalue weighted by Gasteiger charge is 2.20. The third kappa shape index (κ3) is 2.64. The lowest BCUT2D eigenvalue weighted by Gasteiger charge is -2.20. The summed E-state index contributed by atoms with van der Waals surface area (Å²) in [5.41, 5.74) is 2.26. The normalized spacial score (nSPS) is 14.5. The monoisotopic (exact) mass is 268 g/mol. The Morgan fingerprint density at radius 2 is 2.22 bits per heavy atom. The molecule has 2 rings (SSSR count). The Kier molecular flexibility index (Phi) is 3.56. The van der Waals surface area contributed by atoms with Crippen molar-refractivity contribution in [2.75, 3.05) is 17.6 Å².